The van der Waals surface area contributed by atoms with E-state index in [1.807, 2.05) is 0 Å². The van der Waals surface area contributed by atoms with Crippen molar-refractivity contribution in [3.8, 4) is 0 Å². The van der Waals surface area contributed by atoms with Gasteiger partial charge in [0.15, 0.2) is 0 Å². The van der Waals surface area contributed by atoms with Gasteiger partial charge in [-0.15, -0.1) is 0 Å². The van der Waals surface area contributed by atoms with Gasteiger partial charge < -0.3 is 5.73 Å². The molecule has 2 atom stereocenters. The molecule has 0 unspecified atom stereocenters. The van der Waals surface area contributed by atoms with Crippen LogP contribution in [-0.4, -0.2) is 6.04 Å². The van der Waals surface area contributed by atoms with Gasteiger partial charge in [0.1, 0.15) is 0 Å². The van der Waals surface area contributed by atoms with Crippen LogP contribution in [0.4, 0.5) is 0 Å². The van der Waals surface area contributed by atoms with Crippen molar-refractivity contribution in [3.63, 3.8) is 0 Å². The first-order valence-corrected chi connectivity index (χ1v) is 2.56. The smallest absolute Gasteiger partial charge is 0.00646 e. The Morgan fingerprint density at radius 2 is 2.00 bits per heavy atom. The van der Waals surface area contributed by atoms with Crippen LogP contribution in [0.25, 0.3) is 0 Å². The maximum atomic E-state index is 5.52. The second-order valence-electron chi connectivity index (χ2n) is 2.22. The average Bonchev–Trinajstić information content (AvgIpc) is 1.61. The molecule has 0 saturated heterocycles. The zero-order valence-corrected chi connectivity index (χ0v) is 4.15. The molecule has 36 valence electrons. The molecule has 0 aromatic heterocycles. The van der Waals surface area contributed by atoms with E-state index in [0.29, 0.717) is 6.04 Å². The molecule has 1 nitrogen and oxygen atoms in total. The van der Waals surface area contributed by atoms with Crippen molar-refractivity contribution in [1.82, 2.24) is 0 Å². The zero-order chi connectivity index (χ0) is 4.57. The summed E-state index contributed by atoms with van der Waals surface area (Å²) in [6.07, 6.45) is 2.60. The Labute approximate surface area is 38.5 Å². The molecule has 0 aromatic carbocycles. The van der Waals surface area contributed by atoms with Crippen LogP contribution in [0.2, 0.25) is 0 Å². The standard InChI is InChI=1S/C5H11N/c1-4-2-3-5(4)6/h4-5H,2-3,6H2,1H3/t4-,5-/m1/s1. The third-order valence-electron chi connectivity index (χ3n) is 1.69. The van der Waals surface area contributed by atoms with Crippen molar-refractivity contribution in [3.05, 3.63) is 0 Å². The number of hydrogen-bond donors (Lipinski definition) is 1. The molecule has 1 heteroatoms. The summed E-state index contributed by atoms with van der Waals surface area (Å²) in [6, 6.07) is 0.532. The first-order chi connectivity index (χ1) is 2.80. The summed E-state index contributed by atoms with van der Waals surface area (Å²) in [7, 11) is 0. The van der Waals surface area contributed by atoms with Crippen LogP contribution in [-0.2, 0) is 0 Å². The van der Waals surface area contributed by atoms with E-state index in [1.54, 1.807) is 0 Å². The predicted molar refractivity (Wildman–Crippen MR) is 26.4 cm³/mol. The molecule has 6 heavy (non-hydrogen) atoms. The second kappa shape index (κ2) is 1.23. The molecule has 2 N–H and O–H groups in total. The highest BCUT2D eigenvalue weighted by molar-refractivity contribution is 4.79. The molecule has 1 saturated carbocycles. The lowest BCUT2D eigenvalue weighted by atomic mass is 9.82. The SMILES string of the molecule is C[C@@H]1CC[C@H]1N. The van der Waals surface area contributed by atoms with Crippen molar-refractivity contribution in [2.45, 2.75) is 25.8 Å². The van der Waals surface area contributed by atoms with Crippen molar-refractivity contribution < 1.29 is 0 Å². The lowest BCUT2D eigenvalue weighted by molar-refractivity contribution is 0.282. The molecular formula is C5H11N. The Morgan fingerprint density at radius 1 is 1.50 bits per heavy atom. The van der Waals surface area contributed by atoms with Gasteiger partial charge in [-0.3, -0.25) is 0 Å². The molecule has 0 spiro atoms. The van der Waals surface area contributed by atoms with Crippen molar-refractivity contribution >= 4 is 0 Å². The van der Waals surface area contributed by atoms with Gasteiger partial charge in [0, 0.05) is 6.04 Å². The Balaban J connectivity index is 2.20. The normalized spacial score (nSPS) is 45.0. The molecule has 0 bridgehead atoms. The summed E-state index contributed by atoms with van der Waals surface area (Å²) < 4.78 is 0. The first kappa shape index (κ1) is 4.13. The lowest BCUT2D eigenvalue weighted by Gasteiger charge is -2.29. The van der Waals surface area contributed by atoms with Crippen LogP contribution in [0.5, 0.6) is 0 Å². The molecule has 0 radical (unpaired) electrons. The third kappa shape index (κ3) is 0.432. The summed E-state index contributed by atoms with van der Waals surface area (Å²) >= 11 is 0. The average molecular weight is 85.2 g/mol. The minimum atomic E-state index is 0.532. The van der Waals surface area contributed by atoms with Crippen molar-refractivity contribution in [2.75, 3.05) is 0 Å². The van der Waals surface area contributed by atoms with E-state index in [2.05, 4.69) is 6.92 Å². The van der Waals surface area contributed by atoms with E-state index in [4.69, 9.17) is 5.73 Å². The lowest BCUT2D eigenvalue weighted by Crippen LogP contribution is -2.37. The predicted octanol–water partition coefficient (Wildman–Crippen LogP) is 0.744. The van der Waals surface area contributed by atoms with Gasteiger partial charge in [-0.2, -0.15) is 0 Å². The highest BCUT2D eigenvalue weighted by atomic mass is 14.7. The number of rotatable bonds is 0. The van der Waals surface area contributed by atoms with E-state index in [-0.39, 0.29) is 0 Å². The summed E-state index contributed by atoms with van der Waals surface area (Å²) in [5.41, 5.74) is 5.52. The Morgan fingerprint density at radius 3 is 2.00 bits per heavy atom. The van der Waals surface area contributed by atoms with Gasteiger partial charge >= 0.3 is 0 Å². The van der Waals surface area contributed by atoms with Crippen LogP contribution >= 0.6 is 0 Å². The van der Waals surface area contributed by atoms with Crippen LogP contribution in [0.1, 0.15) is 19.8 Å². The van der Waals surface area contributed by atoms with Crippen molar-refractivity contribution in [1.29, 1.82) is 0 Å². The van der Waals surface area contributed by atoms with Crippen LogP contribution in [0.15, 0.2) is 0 Å². The fourth-order valence-electron chi connectivity index (χ4n) is 0.692. The van der Waals surface area contributed by atoms with Gasteiger partial charge in [-0.1, -0.05) is 6.92 Å². The topological polar surface area (TPSA) is 26.0 Å². The molecule has 0 aliphatic heterocycles. The van der Waals surface area contributed by atoms with Gasteiger partial charge in [-0.05, 0) is 18.8 Å². The Hall–Kier alpha value is -0.0400. The maximum absolute atomic E-state index is 5.52. The van der Waals surface area contributed by atoms with Crippen LogP contribution < -0.4 is 5.73 Å². The third-order valence-corrected chi connectivity index (χ3v) is 1.69. The molecule has 1 rings (SSSR count). The molecular weight excluding hydrogens is 74.1 g/mol. The molecule has 1 aliphatic carbocycles. The van der Waals surface area contributed by atoms with E-state index in [9.17, 15) is 0 Å². The van der Waals surface area contributed by atoms with Gasteiger partial charge in [-0.25, -0.2) is 0 Å². The largest absolute Gasteiger partial charge is 0.327 e. The minimum absolute atomic E-state index is 0.532. The Bertz CT molecular complexity index is 43.9. The minimum Gasteiger partial charge on any atom is -0.327 e. The highest BCUT2D eigenvalue weighted by Crippen LogP contribution is 2.23. The fraction of sp³-hybridized carbons (Fsp3) is 1.00. The molecule has 1 aliphatic rings. The highest BCUT2D eigenvalue weighted by Gasteiger charge is 2.21. The van der Waals surface area contributed by atoms with Gasteiger partial charge in [0.2, 0.25) is 0 Å². The van der Waals surface area contributed by atoms with E-state index in [1.165, 1.54) is 12.8 Å². The fourth-order valence-corrected chi connectivity index (χ4v) is 0.692. The summed E-state index contributed by atoms with van der Waals surface area (Å²) in [4.78, 5) is 0. The zero-order valence-electron chi connectivity index (χ0n) is 4.15. The molecule has 0 aromatic rings. The summed E-state index contributed by atoms with van der Waals surface area (Å²) in [5.74, 6) is 0.810. The van der Waals surface area contributed by atoms with E-state index < -0.39 is 0 Å². The van der Waals surface area contributed by atoms with Gasteiger partial charge in [0.05, 0.1) is 0 Å². The van der Waals surface area contributed by atoms with Crippen molar-refractivity contribution in [2.24, 2.45) is 11.7 Å². The Kier molecular flexibility index (Phi) is 0.845. The monoisotopic (exact) mass is 85.1 g/mol. The van der Waals surface area contributed by atoms with Gasteiger partial charge in [0.25, 0.3) is 0 Å². The molecule has 0 heterocycles. The summed E-state index contributed by atoms with van der Waals surface area (Å²) in [5, 5.41) is 0. The second-order valence-corrected chi connectivity index (χ2v) is 2.22. The van der Waals surface area contributed by atoms with Crippen LogP contribution in [0, 0.1) is 5.92 Å². The first-order valence-electron chi connectivity index (χ1n) is 2.56. The molecule has 0 amide bonds. The number of nitrogens with two attached hydrogens (primary N) is 1. The van der Waals surface area contributed by atoms with E-state index >= 15 is 0 Å². The van der Waals surface area contributed by atoms with Crippen LogP contribution in [0.3, 0.4) is 0 Å². The quantitative estimate of drug-likeness (QED) is 0.461. The molecule has 1 fully saturated rings. The van der Waals surface area contributed by atoms with E-state index in [0.717, 1.165) is 5.92 Å². The maximum Gasteiger partial charge on any atom is 0.00646 e. The summed E-state index contributed by atoms with van der Waals surface area (Å²) in [6.45, 7) is 2.20. The number of hydrogen-bond acceptors (Lipinski definition) is 1.